The Labute approximate surface area is 385 Å². The van der Waals surface area contributed by atoms with Crippen LogP contribution in [0.3, 0.4) is 0 Å². The summed E-state index contributed by atoms with van der Waals surface area (Å²) in [6, 6.07) is 17.0. The van der Waals surface area contributed by atoms with Gasteiger partial charge in [0.1, 0.15) is 35.7 Å². The van der Waals surface area contributed by atoms with E-state index in [2.05, 4.69) is 21.3 Å². The highest BCUT2D eigenvalue weighted by Gasteiger charge is 2.38. The van der Waals surface area contributed by atoms with E-state index >= 15 is 0 Å². The van der Waals surface area contributed by atoms with Gasteiger partial charge in [-0.15, -0.1) is 0 Å². The average Bonchev–Trinajstić information content (AvgIpc) is 3.80. The number of carbonyl (C=O) groups is 7. The molecule has 20 heteroatoms. The van der Waals surface area contributed by atoms with E-state index in [1.807, 2.05) is 12.1 Å². The first kappa shape index (κ1) is 48.4. The third kappa shape index (κ3) is 11.2. The van der Waals surface area contributed by atoms with Gasteiger partial charge in [-0.1, -0.05) is 48.0 Å². The highest BCUT2D eigenvalue weighted by molar-refractivity contribution is 6.30. The fourth-order valence-corrected chi connectivity index (χ4v) is 8.19. The Hall–Kier alpha value is -7.06. The number of phenols is 2. The van der Waals surface area contributed by atoms with Crippen molar-refractivity contribution >= 4 is 53.0 Å². The molecule has 0 radical (unpaired) electrons. The number of hydrogen-bond donors (Lipinski definition) is 10. The average molecular weight is 925 g/mol. The summed E-state index contributed by atoms with van der Waals surface area (Å²) >= 11 is 6.04. The molecule has 19 nitrogen and oxygen atoms in total. The van der Waals surface area contributed by atoms with Crippen LogP contribution < -0.4 is 44.2 Å². The Kier molecular flexibility index (Phi) is 15.6. The molecule has 0 aromatic heterocycles. The number of aromatic hydroxyl groups is 2. The molecule has 6 atom stereocenters. The molecule has 1 fully saturated rings. The Morgan fingerprint density at radius 1 is 0.864 bits per heavy atom. The number of rotatable bonds is 13. The molecule has 1 saturated heterocycles. The Morgan fingerprint density at radius 3 is 2.15 bits per heavy atom. The lowest BCUT2D eigenvalue weighted by Gasteiger charge is -2.32. The zero-order chi connectivity index (χ0) is 47.8. The van der Waals surface area contributed by atoms with Gasteiger partial charge >= 0.3 is 0 Å². The van der Waals surface area contributed by atoms with Gasteiger partial charge in [-0.25, -0.2) is 0 Å². The lowest BCUT2D eigenvalue weighted by atomic mass is 9.93. The maximum absolute atomic E-state index is 14.6. The number of halogens is 1. The summed E-state index contributed by atoms with van der Waals surface area (Å²) in [6.07, 6.45) is -1.83. The van der Waals surface area contributed by atoms with Crippen molar-refractivity contribution in [3.05, 3.63) is 107 Å². The van der Waals surface area contributed by atoms with Gasteiger partial charge in [0.05, 0.1) is 0 Å². The molecule has 7 amide bonds. The molecular formula is C46H53ClN10O9. The van der Waals surface area contributed by atoms with E-state index in [0.29, 0.717) is 42.8 Å². The molecule has 0 aliphatic carbocycles. The predicted octanol–water partition coefficient (Wildman–Crippen LogP) is 0.832. The monoisotopic (exact) mass is 924 g/mol. The summed E-state index contributed by atoms with van der Waals surface area (Å²) in [5, 5.41) is 32.9. The van der Waals surface area contributed by atoms with Crippen LogP contribution in [0.4, 0.5) is 0 Å². The van der Waals surface area contributed by atoms with Crippen molar-refractivity contribution in [3.63, 3.8) is 0 Å². The highest BCUT2D eigenvalue weighted by atomic mass is 35.5. The second-order valence-electron chi connectivity index (χ2n) is 16.2. The first-order valence-electron chi connectivity index (χ1n) is 21.3. The molecule has 6 rings (SSSR count). The van der Waals surface area contributed by atoms with Gasteiger partial charge in [0, 0.05) is 41.7 Å². The SMILES string of the molecule is CN(C(=O)[C@H](CCCCN)NC(=O)c1ccc(-c2ccc(Cl)cc2)cc1)[C@@H]1C(=O)N[C@@H](N)C(=O)N[C@H](C(=O)N[C@@H](N)C(=O)N2CCC[C@H]2C(N)=O)Cc2ccc(O)c(c2)-c2cc1ccc2O. The molecule has 0 unspecified atom stereocenters. The lowest BCUT2D eigenvalue weighted by Crippen LogP contribution is -2.62. The van der Waals surface area contributed by atoms with Crippen LogP contribution in [0.2, 0.25) is 5.02 Å². The Balaban J connectivity index is 1.30. The quantitative estimate of drug-likeness (QED) is 0.0659. The first-order valence-corrected chi connectivity index (χ1v) is 21.7. The number of amides is 7. The summed E-state index contributed by atoms with van der Waals surface area (Å²) in [7, 11) is 1.33. The second kappa shape index (κ2) is 21.3. The van der Waals surface area contributed by atoms with E-state index in [9.17, 15) is 43.8 Å². The number of primary amides is 1. The minimum Gasteiger partial charge on any atom is -0.507 e. The Morgan fingerprint density at radius 2 is 1.50 bits per heavy atom. The van der Waals surface area contributed by atoms with E-state index in [0.717, 1.165) is 16.0 Å². The molecular weight excluding hydrogens is 872 g/mol. The van der Waals surface area contributed by atoms with Crippen molar-refractivity contribution < 1.29 is 43.8 Å². The van der Waals surface area contributed by atoms with Crippen molar-refractivity contribution in [1.29, 1.82) is 0 Å². The van der Waals surface area contributed by atoms with Crippen LogP contribution in [-0.4, -0.2) is 112 Å². The normalized spacial score (nSPS) is 19.3. The highest BCUT2D eigenvalue weighted by Crippen LogP contribution is 2.39. The molecule has 348 valence electrons. The van der Waals surface area contributed by atoms with Gasteiger partial charge in [0.15, 0.2) is 12.3 Å². The van der Waals surface area contributed by atoms with Gasteiger partial charge in [0.2, 0.25) is 23.6 Å². The Bertz CT molecular complexity index is 2490. The van der Waals surface area contributed by atoms with Crippen LogP contribution in [0.25, 0.3) is 22.3 Å². The van der Waals surface area contributed by atoms with Crippen molar-refractivity contribution in [3.8, 4) is 33.8 Å². The van der Waals surface area contributed by atoms with Crippen LogP contribution in [0.15, 0.2) is 84.9 Å². The number of benzene rings is 4. The van der Waals surface area contributed by atoms with Crippen LogP contribution >= 0.6 is 11.6 Å². The topological polar surface area (TPSA) is 319 Å². The third-order valence-corrected chi connectivity index (χ3v) is 11.9. The van der Waals surface area contributed by atoms with E-state index in [1.54, 1.807) is 36.4 Å². The predicted molar refractivity (Wildman–Crippen MR) is 244 cm³/mol. The summed E-state index contributed by atoms with van der Waals surface area (Å²) in [6.45, 7) is 0.497. The number of phenolic OH excluding ortho intramolecular Hbond substituents is 2. The maximum atomic E-state index is 14.6. The number of carbonyl (C=O) groups excluding carboxylic acids is 7. The molecule has 2 aliphatic heterocycles. The van der Waals surface area contributed by atoms with Crippen molar-refractivity contribution in [1.82, 2.24) is 31.1 Å². The number of hydrogen-bond acceptors (Lipinski definition) is 12. The molecule has 2 heterocycles. The van der Waals surface area contributed by atoms with Gasteiger partial charge < -0.3 is 64.2 Å². The fourth-order valence-electron chi connectivity index (χ4n) is 8.06. The van der Waals surface area contributed by atoms with Gasteiger partial charge in [-0.05, 0) is 109 Å². The van der Waals surface area contributed by atoms with Crippen molar-refractivity contribution in [2.45, 2.75) is 75.0 Å². The minimum absolute atomic E-state index is 0.0361. The number of nitrogens with one attached hydrogen (secondary N) is 4. The third-order valence-electron chi connectivity index (χ3n) is 11.6. The van der Waals surface area contributed by atoms with Crippen LogP contribution in [0, 0.1) is 0 Å². The van der Waals surface area contributed by atoms with Gasteiger partial charge in [-0.3, -0.25) is 33.6 Å². The number of nitrogens with zero attached hydrogens (tertiary/aromatic N) is 2. The fraction of sp³-hybridized carbons (Fsp3) is 0.326. The van der Waals surface area contributed by atoms with Crippen LogP contribution in [0.5, 0.6) is 11.5 Å². The summed E-state index contributed by atoms with van der Waals surface area (Å²) < 4.78 is 0. The molecule has 66 heavy (non-hydrogen) atoms. The minimum atomic E-state index is -1.82. The van der Waals surface area contributed by atoms with E-state index in [-0.39, 0.29) is 53.1 Å². The largest absolute Gasteiger partial charge is 0.507 e. The van der Waals surface area contributed by atoms with E-state index < -0.39 is 77.8 Å². The first-order chi connectivity index (χ1) is 31.5. The molecule has 4 aromatic carbocycles. The van der Waals surface area contributed by atoms with Crippen molar-refractivity contribution in [2.75, 3.05) is 20.1 Å². The number of likely N-dealkylation sites (N-methyl/N-ethyl adjacent to an activating group) is 1. The number of unbranched alkanes of at least 4 members (excludes halogenated alkanes) is 1. The molecule has 0 saturated carbocycles. The molecule has 2 aliphatic rings. The molecule has 4 bridgehead atoms. The van der Waals surface area contributed by atoms with Crippen LogP contribution in [0.1, 0.15) is 59.6 Å². The summed E-state index contributed by atoms with van der Waals surface area (Å²) in [5.41, 5.74) is 26.1. The molecule has 0 spiro atoms. The number of likely N-dealkylation sites (tertiary alicyclic amines) is 1. The standard InChI is InChI=1S/C46H53ClN10O9/c1-56(45(65)32(5-2-3-19-48)52-41(61)27-10-8-25(9-11-27)26-12-15-29(47)16-13-26)37-28-14-18-36(59)31(23-28)30-21-24(7-17-35(30)58)22-33(53-44(64)38(49)54-43(37)63)42(62)55-39(50)46(66)57-20-4-6-34(57)40(51)60/h7-18,21,23,32-34,37-39,58-59H,2-6,19-20,22,48-50H2,1H3,(H2,51,60)(H,52,61)(H,53,64)(H,54,63)(H,55,62)/t32-,33-,34-,37-,38+,39+/m0/s1. The van der Waals surface area contributed by atoms with E-state index in [1.165, 1.54) is 48.3 Å². The van der Waals surface area contributed by atoms with Crippen LogP contribution in [-0.2, 0) is 35.2 Å². The van der Waals surface area contributed by atoms with Gasteiger partial charge in [0.25, 0.3) is 17.7 Å². The van der Waals surface area contributed by atoms with Gasteiger partial charge in [-0.2, -0.15) is 0 Å². The summed E-state index contributed by atoms with van der Waals surface area (Å²) in [4.78, 5) is 97.7. The van der Waals surface area contributed by atoms with Crippen molar-refractivity contribution in [2.24, 2.45) is 22.9 Å². The zero-order valence-electron chi connectivity index (χ0n) is 36.0. The number of nitrogens with two attached hydrogens (primary N) is 4. The summed E-state index contributed by atoms with van der Waals surface area (Å²) in [5.74, 6) is -6.34. The van der Waals surface area contributed by atoms with E-state index in [4.69, 9.17) is 34.5 Å². The zero-order valence-corrected chi connectivity index (χ0v) is 36.8. The molecule has 4 aromatic rings. The second-order valence-corrected chi connectivity index (χ2v) is 16.6. The number of fused-ring (bicyclic) bond motifs is 5. The maximum Gasteiger partial charge on any atom is 0.260 e. The lowest BCUT2D eigenvalue weighted by molar-refractivity contribution is -0.142. The smallest absolute Gasteiger partial charge is 0.260 e. The molecule has 14 N–H and O–H groups in total.